The molecule has 1 aromatic rings. The van der Waals surface area contributed by atoms with E-state index in [9.17, 15) is 4.79 Å². The summed E-state index contributed by atoms with van der Waals surface area (Å²) in [5.41, 5.74) is 1.21. The monoisotopic (exact) mass is 284 g/mol. The second kappa shape index (κ2) is 5.17. The number of benzene rings is 1. The number of hydrogen-bond acceptors (Lipinski definition) is 3. The predicted octanol–water partition coefficient (Wildman–Crippen LogP) is 3.29. The Labute approximate surface area is 126 Å². The van der Waals surface area contributed by atoms with Crippen LogP contribution in [0.1, 0.15) is 44.1 Å². The minimum Gasteiger partial charge on any atom is -0.673 e. The van der Waals surface area contributed by atoms with Crippen LogP contribution in [0.2, 0.25) is 11.6 Å². The number of carbonyl (C=O) groups is 1. The van der Waals surface area contributed by atoms with Crippen molar-refractivity contribution >= 4 is 12.5 Å². The summed E-state index contributed by atoms with van der Waals surface area (Å²) in [5, 5.41) is 3.70. The molecule has 21 heavy (non-hydrogen) atoms. The summed E-state index contributed by atoms with van der Waals surface area (Å²) in [6, 6.07) is 10.1. The van der Waals surface area contributed by atoms with Crippen molar-refractivity contribution in [2.24, 2.45) is 0 Å². The molecule has 3 nitrogen and oxygen atoms in total. The topological polar surface area (TPSA) is 38.3 Å². The van der Waals surface area contributed by atoms with E-state index in [1.54, 1.807) is 0 Å². The molecule has 3 fully saturated rings. The van der Waals surface area contributed by atoms with Gasteiger partial charge in [-0.05, 0) is 12.0 Å². The average Bonchev–Trinajstić information content (AvgIpc) is 2.76. The molecule has 1 atom stereocenters. The Morgan fingerprint density at radius 1 is 1.05 bits per heavy atom. The average molecular weight is 284 g/mol. The second-order valence-electron chi connectivity index (χ2n) is 7.14. The van der Waals surface area contributed by atoms with E-state index in [1.807, 2.05) is 18.2 Å². The highest BCUT2D eigenvalue weighted by Gasteiger charge is 2.53. The lowest BCUT2D eigenvalue weighted by atomic mass is 9.28. The standard InChI is InChI=1S/C17H23BNO2/c20-17-16(12-13-6-2-1-3-7-13)19-18(21-17)14-8-4-9-15(18)11-5-10-14/h1-3,6-7,14-16,19H,4-5,8-12H2/q-1/t14?,15?,16-,18?/m0/s1. The van der Waals surface area contributed by atoms with Crippen LogP contribution in [0.15, 0.2) is 30.3 Å². The molecule has 112 valence electrons. The van der Waals surface area contributed by atoms with Gasteiger partial charge in [-0.2, -0.15) is 0 Å². The van der Waals surface area contributed by atoms with Crippen LogP contribution in [-0.2, 0) is 15.9 Å². The highest BCUT2D eigenvalue weighted by atomic mass is 16.5. The lowest BCUT2D eigenvalue weighted by molar-refractivity contribution is -0.134. The summed E-state index contributed by atoms with van der Waals surface area (Å²) in [5.74, 6) is 1.15. The summed E-state index contributed by atoms with van der Waals surface area (Å²) in [6.45, 7) is -1.11. The molecule has 0 aliphatic carbocycles. The lowest BCUT2D eigenvalue weighted by Gasteiger charge is -2.55. The molecule has 1 N–H and O–H groups in total. The fourth-order valence-electron chi connectivity index (χ4n) is 5.10. The number of hydrogen-bond donors (Lipinski definition) is 1. The molecule has 3 aliphatic rings. The molecule has 2 bridgehead atoms. The van der Waals surface area contributed by atoms with E-state index in [2.05, 4.69) is 17.4 Å². The summed E-state index contributed by atoms with van der Waals surface area (Å²) in [6.07, 6.45) is 8.29. The van der Waals surface area contributed by atoms with Crippen LogP contribution in [0.4, 0.5) is 0 Å². The fraction of sp³-hybridized carbons (Fsp3) is 0.588. The Bertz CT molecular complexity index is 511. The van der Waals surface area contributed by atoms with E-state index in [0.29, 0.717) is 11.6 Å². The van der Waals surface area contributed by atoms with Crippen LogP contribution < -0.4 is 5.23 Å². The molecule has 1 aromatic carbocycles. The molecule has 0 aromatic heterocycles. The smallest absolute Gasteiger partial charge is 0.273 e. The third-order valence-electron chi connectivity index (χ3n) is 6.04. The molecule has 3 saturated heterocycles. The van der Waals surface area contributed by atoms with Crippen molar-refractivity contribution < 1.29 is 9.45 Å². The van der Waals surface area contributed by atoms with Gasteiger partial charge in [0.25, 0.3) is 5.97 Å². The first-order valence-electron chi connectivity index (χ1n) is 8.48. The van der Waals surface area contributed by atoms with Gasteiger partial charge in [0.05, 0.1) is 6.04 Å². The zero-order valence-electron chi connectivity index (χ0n) is 12.5. The van der Waals surface area contributed by atoms with Crippen LogP contribution in [0.25, 0.3) is 0 Å². The molecular weight excluding hydrogens is 261 g/mol. The van der Waals surface area contributed by atoms with E-state index < -0.39 is 6.48 Å². The zero-order valence-corrected chi connectivity index (χ0v) is 12.5. The third-order valence-corrected chi connectivity index (χ3v) is 6.04. The number of carbonyl (C=O) groups excluding carboxylic acids is 1. The normalized spacial score (nSPS) is 38.5. The van der Waals surface area contributed by atoms with Gasteiger partial charge >= 0.3 is 0 Å². The van der Waals surface area contributed by atoms with Gasteiger partial charge in [0.15, 0.2) is 0 Å². The van der Waals surface area contributed by atoms with Crippen LogP contribution >= 0.6 is 0 Å². The van der Waals surface area contributed by atoms with Crippen molar-refractivity contribution in [2.75, 3.05) is 0 Å². The van der Waals surface area contributed by atoms with Crippen LogP contribution in [0, 0.1) is 0 Å². The van der Waals surface area contributed by atoms with Crippen molar-refractivity contribution in [1.29, 1.82) is 0 Å². The summed E-state index contributed by atoms with van der Waals surface area (Å²) >= 11 is 0. The summed E-state index contributed by atoms with van der Waals surface area (Å²) in [7, 11) is 0. The van der Waals surface area contributed by atoms with Gasteiger partial charge in [-0.15, -0.1) is 11.6 Å². The van der Waals surface area contributed by atoms with Crippen molar-refractivity contribution in [1.82, 2.24) is 5.23 Å². The van der Waals surface area contributed by atoms with E-state index >= 15 is 0 Å². The van der Waals surface area contributed by atoms with Gasteiger partial charge in [-0.25, -0.2) is 0 Å². The van der Waals surface area contributed by atoms with E-state index in [0.717, 1.165) is 6.42 Å². The quantitative estimate of drug-likeness (QED) is 0.847. The van der Waals surface area contributed by atoms with Gasteiger partial charge in [-0.1, -0.05) is 68.9 Å². The lowest BCUT2D eigenvalue weighted by Crippen LogP contribution is -2.60. The van der Waals surface area contributed by atoms with Crippen molar-refractivity contribution in [3.8, 4) is 0 Å². The fourth-order valence-corrected chi connectivity index (χ4v) is 5.10. The largest absolute Gasteiger partial charge is 0.673 e. The highest BCUT2D eigenvalue weighted by molar-refractivity contribution is 6.77. The van der Waals surface area contributed by atoms with Crippen molar-refractivity contribution in [2.45, 2.75) is 62.6 Å². The molecular formula is C17H23BNO2-. The summed E-state index contributed by atoms with van der Waals surface area (Å²) in [4.78, 5) is 12.4. The minimum atomic E-state index is -1.11. The van der Waals surface area contributed by atoms with Crippen molar-refractivity contribution in [3.63, 3.8) is 0 Å². The van der Waals surface area contributed by atoms with Crippen molar-refractivity contribution in [3.05, 3.63) is 35.9 Å². The molecule has 4 rings (SSSR count). The van der Waals surface area contributed by atoms with Gasteiger partial charge in [0.2, 0.25) is 6.48 Å². The molecule has 3 aliphatic heterocycles. The minimum absolute atomic E-state index is 0.0161. The Balaban J connectivity index is 1.56. The maximum absolute atomic E-state index is 12.4. The van der Waals surface area contributed by atoms with Gasteiger partial charge in [0, 0.05) is 0 Å². The first kappa shape index (κ1) is 13.4. The summed E-state index contributed by atoms with van der Waals surface area (Å²) < 4.78 is 6.05. The third kappa shape index (κ3) is 2.20. The van der Waals surface area contributed by atoms with E-state index in [1.165, 1.54) is 44.1 Å². The highest BCUT2D eigenvalue weighted by Crippen LogP contribution is 2.53. The van der Waals surface area contributed by atoms with Crippen LogP contribution in [0.5, 0.6) is 0 Å². The Morgan fingerprint density at radius 2 is 1.67 bits per heavy atom. The first-order chi connectivity index (χ1) is 10.3. The van der Waals surface area contributed by atoms with E-state index in [-0.39, 0.29) is 12.0 Å². The van der Waals surface area contributed by atoms with Crippen LogP contribution in [-0.4, -0.2) is 18.5 Å². The van der Waals surface area contributed by atoms with Crippen LogP contribution in [0.3, 0.4) is 0 Å². The maximum atomic E-state index is 12.4. The molecule has 3 heterocycles. The molecule has 0 amide bonds. The Morgan fingerprint density at radius 3 is 2.29 bits per heavy atom. The second-order valence-corrected chi connectivity index (χ2v) is 7.14. The van der Waals surface area contributed by atoms with Gasteiger partial charge in [-0.3, -0.25) is 4.79 Å². The van der Waals surface area contributed by atoms with E-state index in [4.69, 9.17) is 4.65 Å². The first-order valence-corrected chi connectivity index (χ1v) is 8.48. The molecule has 1 spiro atoms. The SMILES string of the molecule is O=C1O[B-]2(N[C@H]1Cc1ccccc1)C1CCCC2CCC1. The van der Waals surface area contributed by atoms with Gasteiger partial charge < -0.3 is 9.88 Å². The zero-order chi connectivity index (χ0) is 14.3. The van der Waals surface area contributed by atoms with Gasteiger partial charge in [0.1, 0.15) is 0 Å². The molecule has 0 unspecified atom stereocenters. The molecule has 0 radical (unpaired) electrons. The molecule has 0 saturated carbocycles. The maximum Gasteiger partial charge on any atom is 0.273 e. The predicted molar refractivity (Wildman–Crippen MR) is 84.1 cm³/mol. The number of rotatable bonds is 2. The number of nitrogens with one attached hydrogen (secondary N) is 1. The Kier molecular flexibility index (Phi) is 3.29. The Hall–Kier alpha value is -1.29. The molecule has 4 heteroatoms.